The lowest BCUT2D eigenvalue weighted by molar-refractivity contribution is -0.393. The lowest BCUT2D eigenvalue weighted by Gasteiger charge is -2.01. The van der Waals surface area contributed by atoms with Gasteiger partial charge in [0.05, 0.1) is 23.0 Å². The number of hydrogen-bond acceptors (Lipinski definition) is 8. The first-order valence-corrected chi connectivity index (χ1v) is 6.23. The lowest BCUT2D eigenvalue weighted by atomic mass is 10.2. The van der Waals surface area contributed by atoms with E-state index in [9.17, 15) is 25.0 Å². The predicted molar refractivity (Wildman–Crippen MR) is 77.7 cm³/mol. The maximum atomic E-state index is 10.9. The smallest absolute Gasteiger partial charge is 0.305 e. The molecular weight excluding hydrogens is 296 g/mol. The third-order valence-electron chi connectivity index (χ3n) is 2.61. The summed E-state index contributed by atoms with van der Waals surface area (Å²) in [4.78, 5) is 30.9. The van der Waals surface area contributed by atoms with Gasteiger partial charge in [-0.25, -0.2) is 0 Å². The molecule has 1 rings (SSSR count). The van der Waals surface area contributed by atoms with Gasteiger partial charge in [0.25, 0.3) is 5.69 Å². The molecule has 22 heavy (non-hydrogen) atoms. The molecule has 1 aromatic rings. The minimum Gasteiger partial charge on any atom is -0.469 e. The van der Waals surface area contributed by atoms with Crippen LogP contribution in [0.5, 0.6) is 0 Å². The summed E-state index contributed by atoms with van der Waals surface area (Å²) in [6.07, 6.45) is 2.71. The van der Waals surface area contributed by atoms with Gasteiger partial charge in [-0.15, -0.1) is 0 Å². The van der Waals surface area contributed by atoms with Crippen LogP contribution in [0.4, 0.5) is 17.1 Å². The van der Waals surface area contributed by atoms with Crippen LogP contribution >= 0.6 is 0 Å². The predicted octanol–water partition coefficient (Wildman–Crippen LogP) is 2.24. The van der Waals surface area contributed by atoms with Gasteiger partial charge in [-0.3, -0.25) is 30.4 Å². The number of ether oxygens (including phenoxy) is 1. The third-order valence-corrected chi connectivity index (χ3v) is 2.61. The lowest BCUT2D eigenvalue weighted by Crippen LogP contribution is -2.00. The van der Waals surface area contributed by atoms with Crippen molar-refractivity contribution in [3.63, 3.8) is 0 Å². The van der Waals surface area contributed by atoms with Crippen LogP contribution in [0.15, 0.2) is 23.3 Å². The number of anilines is 1. The molecule has 0 radical (unpaired) electrons. The van der Waals surface area contributed by atoms with Crippen LogP contribution in [0.25, 0.3) is 0 Å². The van der Waals surface area contributed by atoms with Gasteiger partial charge in [0.15, 0.2) is 0 Å². The van der Waals surface area contributed by atoms with Crippen LogP contribution < -0.4 is 5.43 Å². The standard InChI is InChI=1S/C12H14N4O6/c1-22-12(17)4-2-3-7-13-14-10-6-5-9(15(18)19)8-11(10)16(20)21/h5-8,14H,2-4H2,1H3/b13-7+. The fraction of sp³-hybridized carbons (Fsp3) is 0.333. The van der Waals surface area contributed by atoms with Crippen molar-refractivity contribution in [3.8, 4) is 0 Å². The van der Waals surface area contributed by atoms with E-state index < -0.39 is 15.5 Å². The maximum absolute atomic E-state index is 10.9. The van der Waals surface area contributed by atoms with Crippen molar-refractivity contribution in [2.75, 3.05) is 12.5 Å². The van der Waals surface area contributed by atoms with Crippen LogP contribution in [0.3, 0.4) is 0 Å². The number of hydrazone groups is 1. The number of nitro benzene ring substituents is 2. The number of carbonyl (C=O) groups excluding carboxylic acids is 1. The Morgan fingerprint density at radius 3 is 2.68 bits per heavy atom. The first kappa shape index (κ1) is 17.0. The normalized spacial score (nSPS) is 10.4. The fourth-order valence-electron chi connectivity index (χ4n) is 1.50. The highest BCUT2D eigenvalue weighted by atomic mass is 16.6. The Bertz CT molecular complexity index is 601. The molecule has 0 fully saturated rings. The van der Waals surface area contributed by atoms with E-state index in [1.165, 1.54) is 19.4 Å². The van der Waals surface area contributed by atoms with E-state index in [-0.39, 0.29) is 23.8 Å². The highest BCUT2D eigenvalue weighted by Gasteiger charge is 2.18. The number of nitrogens with one attached hydrogen (secondary N) is 1. The van der Waals surface area contributed by atoms with E-state index in [2.05, 4.69) is 15.3 Å². The van der Waals surface area contributed by atoms with E-state index in [4.69, 9.17) is 0 Å². The Hall–Kier alpha value is -3.04. The molecule has 0 heterocycles. The maximum Gasteiger partial charge on any atom is 0.305 e. The first-order valence-electron chi connectivity index (χ1n) is 6.23. The molecule has 118 valence electrons. The number of carbonyl (C=O) groups is 1. The summed E-state index contributed by atoms with van der Waals surface area (Å²) < 4.78 is 4.47. The summed E-state index contributed by atoms with van der Waals surface area (Å²) in [5.41, 5.74) is 1.67. The zero-order valence-corrected chi connectivity index (χ0v) is 11.7. The first-order chi connectivity index (χ1) is 10.5. The average Bonchev–Trinajstić information content (AvgIpc) is 2.50. The number of unbranched alkanes of at least 4 members (excludes halogenated alkanes) is 1. The zero-order valence-electron chi connectivity index (χ0n) is 11.7. The van der Waals surface area contributed by atoms with Gasteiger partial charge in [-0.1, -0.05) is 0 Å². The number of hydrogen-bond donors (Lipinski definition) is 1. The highest BCUT2D eigenvalue weighted by Crippen LogP contribution is 2.28. The minimum atomic E-state index is -0.734. The summed E-state index contributed by atoms with van der Waals surface area (Å²) in [6, 6.07) is 3.21. The molecule has 0 saturated carbocycles. The van der Waals surface area contributed by atoms with Crippen LogP contribution in [-0.4, -0.2) is 29.1 Å². The molecule has 0 atom stereocenters. The van der Waals surface area contributed by atoms with Crippen molar-refractivity contribution in [1.82, 2.24) is 0 Å². The number of rotatable bonds is 8. The topological polar surface area (TPSA) is 137 Å². The third kappa shape index (κ3) is 5.15. The second-order valence-corrected chi connectivity index (χ2v) is 4.11. The van der Waals surface area contributed by atoms with Gasteiger partial charge in [-0.05, 0) is 18.9 Å². The molecule has 0 saturated heterocycles. The van der Waals surface area contributed by atoms with Crippen molar-refractivity contribution in [3.05, 3.63) is 38.4 Å². The summed E-state index contributed by atoms with van der Waals surface area (Å²) in [7, 11) is 1.30. The van der Waals surface area contributed by atoms with Crippen LogP contribution in [0, 0.1) is 20.2 Å². The molecule has 1 aromatic carbocycles. The van der Waals surface area contributed by atoms with E-state index in [1.807, 2.05) is 0 Å². The minimum absolute atomic E-state index is 0.0415. The molecule has 1 N–H and O–H groups in total. The van der Waals surface area contributed by atoms with Crippen molar-refractivity contribution in [2.45, 2.75) is 19.3 Å². The number of esters is 1. The average molecular weight is 310 g/mol. The van der Waals surface area contributed by atoms with Crippen LogP contribution in [0.2, 0.25) is 0 Å². The fourth-order valence-corrected chi connectivity index (χ4v) is 1.50. The number of benzene rings is 1. The molecule has 0 aliphatic rings. The van der Waals surface area contributed by atoms with Gasteiger partial charge in [0.1, 0.15) is 5.69 Å². The molecule has 0 aliphatic carbocycles. The van der Waals surface area contributed by atoms with E-state index >= 15 is 0 Å². The summed E-state index contributed by atoms with van der Waals surface area (Å²) in [5, 5.41) is 25.3. The second kappa shape index (κ2) is 8.29. The zero-order chi connectivity index (χ0) is 16.5. The van der Waals surface area contributed by atoms with Crippen molar-refractivity contribution in [1.29, 1.82) is 0 Å². The van der Waals surface area contributed by atoms with Gasteiger partial charge in [0, 0.05) is 18.7 Å². The SMILES string of the molecule is COC(=O)CCC/C=N/Nc1ccc([N+](=O)[O-])cc1[N+](=O)[O-]. The van der Waals surface area contributed by atoms with E-state index in [0.717, 1.165) is 12.1 Å². The number of non-ortho nitro benzene ring substituents is 1. The van der Waals surface area contributed by atoms with E-state index in [1.54, 1.807) is 0 Å². The monoisotopic (exact) mass is 310 g/mol. The van der Waals surface area contributed by atoms with Gasteiger partial charge in [-0.2, -0.15) is 5.10 Å². The number of methoxy groups -OCH3 is 1. The largest absolute Gasteiger partial charge is 0.469 e. The Kier molecular flexibility index (Phi) is 6.41. The van der Waals surface area contributed by atoms with Gasteiger partial charge >= 0.3 is 11.7 Å². The van der Waals surface area contributed by atoms with Crippen molar-refractivity contribution < 1.29 is 19.4 Å². The Morgan fingerprint density at radius 1 is 1.36 bits per heavy atom. The number of nitro groups is 2. The summed E-state index contributed by atoms with van der Waals surface area (Å²) in [5.74, 6) is -0.327. The van der Waals surface area contributed by atoms with Gasteiger partial charge in [0.2, 0.25) is 0 Å². The molecule has 0 unspecified atom stereocenters. The van der Waals surface area contributed by atoms with E-state index in [0.29, 0.717) is 12.8 Å². The molecule has 10 nitrogen and oxygen atoms in total. The van der Waals surface area contributed by atoms with Crippen molar-refractivity contribution >= 4 is 29.2 Å². The second-order valence-electron chi connectivity index (χ2n) is 4.11. The molecule has 0 bridgehead atoms. The Labute approximate surface area is 125 Å². The molecule has 0 amide bonds. The van der Waals surface area contributed by atoms with Crippen LogP contribution in [-0.2, 0) is 9.53 Å². The van der Waals surface area contributed by atoms with Crippen molar-refractivity contribution in [2.24, 2.45) is 5.10 Å². The number of nitrogens with zero attached hydrogens (tertiary/aromatic N) is 3. The van der Waals surface area contributed by atoms with Crippen LogP contribution in [0.1, 0.15) is 19.3 Å². The summed E-state index contributed by atoms with van der Waals surface area (Å²) >= 11 is 0. The summed E-state index contributed by atoms with van der Waals surface area (Å²) in [6.45, 7) is 0. The molecular formula is C12H14N4O6. The Morgan fingerprint density at radius 2 is 2.09 bits per heavy atom. The molecule has 0 aliphatic heterocycles. The Balaban J connectivity index is 2.63. The molecule has 0 spiro atoms. The molecule has 0 aromatic heterocycles. The molecule has 10 heteroatoms. The van der Waals surface area contributed by atoms with Gasteiger partial charge < -0.3 is 4.74 Å². The quantitative estimate of drug-likeness (QED) is 0.255. The highest BCUT2D eigenvalue weighted by molar-refractivity contribution is 5.70.